The summed E-state index contributed by atoms with van der Waals surface area (Å²) >= 11 is 28.2. The predicted octanol–water partition coefficient (Wildman–Crippen LogP) is 5.66. The molecule has 0 N–H and O–H groups in total. The second kappa shape index (κ2) is 7.06. The summed E-state index contributed by atoms with van der Waals surface area (Å²) in [5, 5.41) is 0.874. The number of hydrogen-bond acceptors (Lipinski definition) is 1. The monoisotopic (exact) mass is 542 g/mol. The van der Waals surface area contributed by atoms with E-state index in [2.05, 4.69) is 0 Å². The Morgan fingerprint density at radius 2 is 1.16 bits per heavy atom. The molecule has 0 spiro atoms. The van der Waals surface area contributed by atoms with Crippen LogP contribution in [0.3, 0.4) is 0 Å². The van der Waals surface area contributed by atoms with Gasteiger partial charge in [0.05, 0.1) is 0 Å². The van der Waals surface area contributed by atoms with Gasteiger partial charge in [-0.3, -0.25) is 0 Å². The second-order valence-corrected chi connectivity index (χ2v) is 11.0. The molecule has 0 aliphatic carbocycles. The minimum atomic E-state index is -1.82. The van der Waals surface area contributed by atoms with Gasteiger partial charge in [-0.25, -0.2) is 0 Å². The summed E-state index contributed by atoms with van der Waals surface area (Å²) in [7, 11) is 0. The van der Waals surface area contributed by atoms with Crippen molar-refractivity contribution in [2.45, 2.75) is 0 Å². The molecule has 2 aromatic carbocycles. The Kier molecular flexibility index (Phi) is 5.95. The van der Waals surface area contributed by atoms with Crippen LogP contribution in [-0.2, 0) is 25.0 Å². The Morgan fingerprint density at radius 1 is 0.684 bits per heavy atom. The zero-order valence-electron chi connectivity index (χ0n) is 9.39. The Morgan fingerprint density at radius 3 is 1.68 bits per heavy atom. The average molecular weight is 543 g/mol. The van der Waals surface area contributed by atoms with E-state index in [1.807, 2.05) is 30.3 Å². The summed E-state index contributed by atoms with van der Waals surface area (Å²) < 4.78 is 6.99. The number of halogens is 5. The van der Waals surface area contributed by atoms with E-state index in [4.69, 9.17) is 60.6 Å². The standard InChI is InChI=1S/C6HCl5O.C6H5.Hg/c7-1-2(8)4(10)6(12)5(11)3(1)9;1-2-4-6-5-3-1;/h12H;1-5H;/q;;+1/p-1. The first-order chi connectivity index (χ1) is 9.02. The summed E-state index contributed by atoms with van der Waals surface area (Å²) in [5.74, 6) is 0.327. The van der Waals surface area contributed by atoms with Gasteiger partial charge in [0, 0.05) is 0 Å². The Hall–Kier alpha value is 0.625. The van der Waals surface area contributed by atoms with Crippen LogP contribution >= 0.6 is 58.0 Å². The number of rotatable bonds is 3. The van der Waals surface area contributed by atoms with Crippen LogP contribution in [0.25, 0.3) is 0 Å². The van der Waals surface area contributed by atoms with Crippen molar-refractivity contribution < 1.29 is 27.7 Å². The van der Waals surface area contributed by atoms with Crippen molar-refractivity contribution in [1.29, 1.82) is 0 Å². The third kappa shape index (κ3) is 3.64. The quantitative estimate of drug-likeness (QED) is 0.276. The molecule has 2 rings (SSSR count). The van der Waals surface area contributed by atoms with Crippen LogP contribution in [0.4, 0.5) is 0 Å². The van der Waals surface area contributed by atoms with Crippen LogP contribution in [0.2, 0.25) is 25.1 Å². The molecule has 0 bridgehead atoms. The summed E-state index contributed by atoms with van der Waals surface area (Å²) in [6.07, 6.45) is 0. The van der Waals surface area contributed by atoms with E-state index in [1.54, 1.807) is 0 Å². The van der Waals surface area contributed by atoms with Gasteiger partial charge in [0.25, 0.3) is 0 Å². The molecule has 0 heterocycles. The van der Waals surface area contributed by atoms with Crippen LogP contribution < -0.4 is 5.72 Å². The van der Waals surface area contributed by atoms with Gasteiger partial charge in [-0.05, 0) is 0 Å². The Balaban J connectivity index is 2.31. The van der Waals surface area contributed by atoms with E-state index < -0.39 is 25.0 Å². The van der Waals surface area contributed by atoms with Crippen LogP contribution in [0.15, 0.2) is 30.3 Å². The fourth-order valence-corrected chi connectivity index (χ4v) is 7.52. The molecule has 0 atom stereocenters. The molecule has 0 aliphatic rings. The van der Waals surface area contributed by atoms with E-state index in [0.29, 0.717) is 5.75 Å². The molecule has 0 aliphatic heterocycles. The number of benzene rings is 2. The van der Waals surface area contributed by atoms with Gasteiger partial charge in [-0.1, -0.05) is 0 Å². The first kappa shape index (κ1) is 16.0. The van der Waals surface area contributed by atoms with Crippen LogP contribution in [-0.4, -0.2) is 0 Å². The van der Waals surface area contributed by atoms with Crippen molar-refractivity contribution >= 4 is 61.1 Å². The van der Waals surface area contributed by atoms with Gasteiger partial charge in [0.15, 0.2) is 0 Å². The molecular formula is C12H5Cl5HgO. The third-order valence-electron chi connectivity index (χ3n) is 2.40. The topological polar surface area (TPSA) is 9.23 Å². The van der Waals surface area contributed by atoms with Crippen molar-refractivity contribution in [3.8, 4) is 5.75 Å². The van der Waals surface area contributed by atoms with Crippen LogP contribution in [0, 0.1) is 0 Å². The molecule has 2 aromatic rings. The molecule has 96 valence electrons. The van der Waals surface area contributed by atoms with Crippen molar-refractivity contribution in [3.05, 3.63) is 55.4 Å². The summed E-state index contributed by atoms with van der Waals surface area (Å²) in [5.41, 5.74) is 0. The first-order valence-electron chi connectivity index (χ1n) is 5.20. The summed E-state index contributed by atoms with van der Waals surface area (Å²) in [6, 6.07) is 9.91. The van der Waals surface area contributed by atoms with Crippen molar-refractivity contribution in [3.63, 3.8) is 0 Å². The van der Waals surface area contributed by atoms with Crippen LogP contribution in [0.1, 0.15) is 0 Å². The predicted molar refractivity (Wildman–Crippen MR) is 78.2 cm³/mol. The van der Waals surface area contributed by atoms with Gasteiger partial charge >= 0.3 is 150 Å². The van der Waals surface area contributed by atoms with Crippen molar-refractivity contribution in [2.75, 3.05) is 0 Å². The zero-order valence-corrected chi connectivity index (χ0v) is 18.7. The Bertz CT molecular complexity index is 574. The SMILES string of the molecule is Clc1c(Cl)c(Cl)c([O][Hg][c]2ccccc2)c(Cl)c1Cl. The molecule has 0 fully saturated rings. The van der Waals surface area contributed by atoms with E-state index in [0.717, 1.165) is 0 Å². The maximum atomic E-state index is 6.09. The molecule has 0 radical (unpaired) electrons. The van der Waals surface area contributed by atoms with E-state index >= 15 is 0 Å². The molecule has 7 heteroatoms. The molecule has 19 heavy (non-hydrogen) atoms. The fraction of sp³-hybridized carbons (Fsp3) is 0. The van der Waals surface area contributed by atoms with Gasteiger partial charge in [-0.2, -0.15) is 0 Å². The summed E-state index contributed by atoms with van der Waals surface area (Å²) in [6.45, 7) is 0. The van der Waals surface area contributed by atoms with Crippen molar-refractivity contribution in [2.24, 2.45) is 0 Å². The van der Waals surface area contributed by atoms with Crippen LogP contribution in [0.5, 0.6) is 5.75 Å². The second-order valence-electron chi connectivity index (χ2n) is 3.67. The van der Waals surface area contributed by atoms with Gasteiger partial charge < -0.3 is 0 Å². The first-order valence-corrected chi connectivity index (χ1v) is 12.1. The normalized spacial score (nSPS) is 10.2. The molecule has 1 nitrogen and oxygen atoms in total. The van der Waals surface area contributed by atoms with E-state index in [1.165, 1.54) is 3.07 Å². The molecule has 0 aromatic heterocycles. The zero-order chi connectivity index (χ0) is 14.0. The molecule has 0 saturated heterocycles. The van der Waals surface area contributed by atoms with Gasteiger partial charge in [0.1, 0.15) is 0 Å². The Labute approximate surface area is 148 Å². The molecular weight excluding hydrogens is 538 g/mol. The van der Waals surface area contributed by atoms with E-state index in [-0.39, 0.29) is 25.1 Å². The average Bonchev–Trinajstić information content (AvgIpc) is 2.44. The minimum absolute atomic E-state index is 0.141. The maximum absolute atomic E-state index is 6.09. The summed E-state index contributed by atoms with van der Waals surface area (Å²) in [4.78, 5) is 0. The van der Waals surface area contributed by atoms with Gasteiger partial charge in [0.2, 0.25) is 0 Å². The van der Waals surface area contributed by atoms with Gasteiger partial charge in [-0.15, -0.1) is 0 Å². The van der Waals surface area contributed by atoms with Crippen molar-refractivity contribution in [1.82, 2.24) is 0 Å². The fourth-order valence-electron chi connectivity index (χ4n) is 1.44. The molecule has 0 saturated carbocycles. The number of hydrogen-bond donors (Lipinski definition) is 0. The van der Waals surface area contributed by atoms with E-state index in [9.17, 15) is 0 Å². The molecule has 0 amide bonds. The molecule has 0 unspecified atom stereocenters. The third-order valence-corrected chi connectivity index (χ3v) is 9.45.